The lowest BCUT2D eigenvalue weighted by Crippen LogP contribution is -2.40. The van der Waals surface area contributed by atoms with Crippen LogP contribution in [0.3, 0.4) is 0 Å². The molecule has 1 fully saturated rings. The van der Waals surface area contributed by atoms with E-state index < -0.39 is 0 Å². The van der Waals surface area contributed by atoms with Gasteiger partial charge in [0.05, 0.1) is 5.69 Å². The lowest BCUT2D eigenvalue weighted by Gasteiger charge is -2.27. The van der Waals surface area contributed by atoms with Crippen molar-refractivity contribution < 1.29 is 19.1 Å². The molecule has 2 aliphatic rings. The zero-order valence-electron chi connectivity index (χ0n) is 16.5. The molecule has 1 saturated carbocycles. The van der Waals surface area contributed by atoms with Crippen molar-refractivity contribution in [1.29, 1.82) is 0 Å². The Hall–Kier alpha value is -3.47. The summed E-state index contributed by atoms with van der Waals surface area (Å²) in [5, 5.41) is 1.55. The molecule has 3 aromatic rings. The molecule has 0 saturated heterocycles. The molecule has 5 heteroatoms. The smallest absolute Gasteiger partial charge is 0.311 e. The molecule has 0 spiro atoms. The number of esters is 1. The molecule has 0 bridgehead atoms. The third-order valence-corrected chi connectivity index (χ3v) is 6.01. The summed E-state index contributed by atoms with van der Waals surface area (Å²) in [5.41, 5.74) is 1.38. The van der Waals surface area contributed by atoms with Crippen LogP contribution in [0.4, 0.5) is 5.69 Å². The number of rotatable bonds is 4. The van der Waals surface area contributed by atoms with Crippen LogP contribution >= 0.6 is 0 Å². The summed E-state index contributed by atoms with van der Waals surface area (Å²) in [4.78, 5) is 39.8. The van der Waals surface area contributed by atoms with Crippen molar-refractivity contribution in [2.75, 3.05) is 4.90 Å². The van der Waals surface area contributed by atoms with Crippen LogP contribution in [0.25, 0.3) is 10.8 Å². The lowest BCUT2D eigenvalue weighted by molar-refractivity contribution is -0.135. The van der Waals surface area contributed by atoms with Gasteiger partial charge in [-0.25, -0.2) is 4.90 Å². The Bertz CT molecular complexity index is 1130. The molecule has 1 heterocycles. The number of carbonyl (C=O) groups is 3. The van der Waals surface area contributed by atoms with Crippen molar-refractivity contribution in [3.63, 3.8) is 0 Å². The van der Waals surface area contributed by atoms with E-state index in [0.717, 1.165) is 23.1 Å². The molecule has 1 aliphatic heterocycles. The number of amides is 2. The molecule has 0 aromatic heterocycles. The molecule has 0 radical (unpaired) electrons. The molecule has 30 heavy (non-hydrogen) atoms. The second-order valence-electron chi connectivity index (χ2n) is 7.98. The van der Waals surface area contributed by atoms with Crippen molar-refractivity contribution >= 4 is 34.2 Å². The van der Waals surface area contributed by atoms with Crippen LogP contribution in [0.5, 0.6) is 5.75 Å². The first-order valence-corrected chi connectivity index (χ1v) is 10.3. The van der Waals surface area contributed by atoms with Gasteiger partial charge in [-0.05, 0) is 48.4 Å². The summed E-state index contributed by atoms with van der Waals surface area (Å²) in [6, 6.07) is 17.5. The first-order chi connectivity index (χ1) is 14.6. The molecule has 5 nitrogen and oxygen atoms in total. The minimum Gasteiger partial charge on any atom is -0.426 e. The van der Waals surface area contributed by atoms with Crippen LogP contribution in [-0.4, -0.2) is 17.8 Å². The Morgan fingerprint density at radius 1 is 0.900 bits per heavy atom. The van der Waals surface area contributed by atoms with Gasteiger partial charge in [0.15, 0.2) is 0 Å². The van der Waals surface area contributed by atoms with E-state index in [1.54, 1.807) is 36.4 Å². The maximum absolute atomic E-state index is 13.2. The second-order valence-corrected chi connectivity index (χ2v) is 7.98. The fourth-order valence-corrected chi connectivity index (χ4v) is 4.57. The van der Waals surface area contributed by atoms with Gasteiger partial charge in [-0.1, -0.05) is 43.2 Å². The first-order valence-electron chi connectivity index (χ1n) is 10.3. The Kier molecular flexibility index (Phi) is 4.58. The van der Waals surface area contributed by atoms with Crippen molar-refractivity contribution in [2.45, 2.75) is 32.1 Å². The summed E-state index contributed by atoms with van der Waals surface area (Å²) in [6.07, 6.45) is 4.87. The monoisotopic (exact) mass is 399 g/mol. The summed E-state index contributed by atoms with van der Waals surface area (Å²) in [6.45, 7) is 0. The number of anilines is 1. The third kappa shape index (κ3) is 3.16. The predicted molar refractivity (Wildman–Crippen MR) is 114 cm³/mol. The van der Waals surface area contributed by atoms with Gasteiger partial charge >= 0.3 is 5.97 Å². The van der Waals surface area contributed by atoms with Crippen LogP contribution in [0.15, 0.2) is 60.7 Å². The standard InChI is InChI=1S/C25H21NO4/c27-22(14-16-6-1-2-7-16)30-19-11-5-10-18(15-19)26-24(28)20-12-3-8-17-9-4-13-21(23(17)20)25(26)29/h3-5,8-13,15-16H,1-2,6-7,14H2. The zero-order chi connectivity index (χ0) is 20.7. The van der Waals surface area contributed by atoms with Crippen molar-refractivity contribution in [3.05, 3.63) is 71.8 Å². The van der Waals surface area contributed by atoms with Crippen LogP contribution < -0.4 is 9.64 Å². The molecule has 3 aromatic carbocycles. The Labute approximate surface area is 174 Å². The summed E-state index contributed by atoms with van der Waals surface area (Å²) in [5.74, 6) is -0.293. The maximum atomic E-state index is 13.2. The van der Waals surface area contributed by atoms with E-state index in [9.17, 15) is 14.4 Å². The minimum atomic E-state index is -0.376. The highest BCUT2D eigenvalue weighted by atomic mass is 16.5. The highest BCUT2D eigenvalue weighted by Gasteiger charge is 2.34. The van der Waals surface area contributed by atoms with E-state index in [1.165, 1.54) is 12.8 Å². The second kappa shape index (κ2) is 7.41. The number of ether oxygens (including phenoxy) is 1. The first kappa shape index (κ1) is 18.6. The highest BCUT2D eigenvalue weighted by Crippen LogP contribution is 2.34. The molecular formula is C25H21NO4. The largest absolute Gasteiger partial charge is 0.426 e. The number of benzene rings is 3. The fraction of sp³-hybridized carbons (Fsp3) is 0.240. The van der Waals surface area contributed by atoms with E-state index in [4.69, 9.17) is 4.74 Å². The zero-order valence-corrected chi connectivity index (χ0v) is 16.5. The van der Waals surface area contributed by atoms with Gasteiger partial charge in [-0.3, -0.25) is 14.4 Å². The van der Waals surface area contributed by atoms with Crippen molar-refractivity contribution in [3.8, 4) is 5.75 Å². The van der Waals surface area contributed by atoms with Gasteiger partial charge in [0.1, 0.15) is 5.75 Å². The minimum absolute atomic E-state index is 0.273. The van der Waals surface area contributed by atoms with Crippen molar-refractivity contribution in [1.82, 2.24) is 0 Å². The molecule has 150 valence electrons. The van der Waals surface area contributed by atoms with E-state index in [2.05, 4.69) is 0 Å². The van der Waals surface area contributed by atoms with Gasteiger partial charge in [0, 0.05) is 29.0 Å². The Balaban J connectivity index is 1.44. The SMILES string of the molecule is O=C(CC1CCCC1)Oc1cccc(N2C(=O)c3cccc4cccc(c34)C2=O)c1. The molecule has 0 N–H and O–H groups in total. The quantitative estimate of drug-likeness (QED) is 0.347. The van der Waals surface area contributed by atoms with Crippen LogP contribution in [0.1, 0.15) is 52.8 Å². The molecule has 1 aliphatic carbocycles. The van der Waals surface area contributed by atoms with E-state index in [-0.39, 0.29) is 17.8 Å². The maximum Gasteiger partial charge on any atom is 0.311 e. The van der Waals surface area contributed by atoms with Crippen LogP contribution in [0, 0.1) is 5.92 Å². The van der Waals surface area contributed by atoms with Gasteiger partial charge < -0.3 is 4.74 Å². The molecule has 2 amide bonds. The number of imide groups is 1. The van der Waals surface area contributed by atoms with Crippen LogP contribution in [-0.2, 0) is 4.79 Å². The molecule has 0 atom stereocenters. The van der Waals surface area contributed by atoms with Gasteiger partial charge in [-0.2, -0.15) is 0 Å². The lowest BCUT2D eigenvalue weighted by atomic mass is 9.94. The molecular weight excluding hydrogens is 378 g/mol. The van der Waals surface area contributed by atoms with E-state index in [0.29, 0.717) is 40.3 Å². The predicted octanol–water partition coefficient (Wildman–Crippen LogP) is 5.13. The molecule has 0 unspecified atom stereocenters. The van der Waals surface area contributed by atoms with Crippen molar-refractivity contribution in [2.24, 2.45) is 5.92 Å². The summed E-state index contributed by atoms with van der Waals surface area (Å²) in [7, 11) is 0. The Morgan fingerprint density at radius 3 is 2.20 bits per heavy atom. The van der Waals surface area contributed by atoms with Crippen LogP contribution in [0.2, 0.25) is 0 Å². The summed E-state index contributed by atoms with van der Waals surface area (Å²) >= 11 is 0. The Morgan fingerprint density at radius 2 is 1.53 bits per heavy atom. The fourth-order valence-electron chi connectivity index (χ4n) is 4.57. The van der Waals surface area contributed by atoms with E-state index >= 15 is 0 Å². The number of nitrogens with zero attached hydrogens (tertiary/aromatic N) is 1. The number of hydrogen-bond acceptors (Lipinski definition) is 4. The average Bonchev–Trinajstić information content (AvgIpc) is 3.25. The number of carbonyl (C=O) groups excluding carboxylic acids is 3. The topological polar surface area (TPSA) is 63.7 Å². The number of hydrogen-bond donors (Lipinski definition) is 0. The highest BCUT2D eigenvalue weighted by molar-refractivity contribution is 6.35. The normalized spacial score (nSPS) is 16.3. The average molecular weight is 399 g/mol. The van der Waals surface area contributed by atoms with Gasteiger partial charge in [0.2, 0.25) is 0 Å². The summed E-state index contributed by atoms with van der Waals surface area (Å²) < 4.78 is 5.52. The van der Waals surface area contributed by atoms with Gasteiger partial charge in [-0.15, -0.1) is 0 Å². The van der Waals surface area contributed by atoms with E-state index in [1.807, 2.05) is 24.3 Å². The molecule has 5 rings (SSSR count). The third-order valence-electron chi connectivity index (χ3n) is 6.01. The van der Waals surface area contributed by atoms with Gasteiger partial charge in [0.25, 0.3) is 11.8 Å².